The van der Waals surface area contributed by atoms with Crippen LogP contribution in [-0.2, 0) is 11.3 Å². The van der Waals surface area contributed by atoms with Crippen LogP contribution in [0.1, 0.15) is 53.0 Å². The third kappa shape index (κ3) is 7.35. The zero-order valence-corrected chi connectivity index (χ0v) is 20.9. The first-order valence-electron chi connectivity index (χ1n) is 10.6. The highest BCUT2D eigenvalue weighted by Crippen LogP contribution is 2.25. The normalized spacial score (nSPS) is 13.9. The lowest BCUT2D eigenvalue weighted by Gasteiger charge is -2.12. The van der Waals surface area contributed by atoms with Crippen molar-refractivity contribution in [3.8, 4) is 0 Å². The summed E-state index contributed by atoms with van der Waals surface area (Å²) >= 11 is 18.2. The minimum atomic E-state index is -0.451. The summed E-state index contributed by atoms with van der Waals surface area (Å²) in [5.41, 5.74) is 2.13. The summed E-state index contributed by atoms with van der Waals surface area (Å²) in [5.74, 6) is -0.985. The Balaban J connectivity index is 1.69. The van der Waals surface area contributed by atoms with Gasteiger partial charge in [-0.15, -0.1) is 0 Å². The molecule has 3 amide bonds. The van der Waals surface area contributed by atoms with Gasteiger partial charge in [0.15, 0.2) is 0 Å². The molecule has 9 heteroatoms. The van der Waals surface area contributed by atoms with Crippen molar-refractivity contribution in [2.45, 2.75) is 39.3 Å². The van der Waals surface area contributed by atoms with Gasteiger partial charge in [-0.1, -0.05) is 46.9 Å². The van der Waals surface area contributed by atoms with Crippen LogP contribution in [0.2, 0.25) is 10.0 Å². The Morgan fingerprint density at radius 1 is 0.941 bits per heavy atom. The first kappa shape index (κ1) is 25.8. The van der Waals surface area contributed by atoms with Crippen molar-refractivity contribution in [3.63, 3.8) is 0 Å². The monoisotopic (exact) mass is 519 g/mol. The summed E-state index contributed by atoms with van der Waals surface area (Å²) in [6, 6.07) is 9.81. The number of carbonyl (C=O) groups is 3. The fourth-order valence-corrected chi connectivity index (χ4v) is 3.43. The molecule has 0 aliphatic heterocycles. The van der Waals surface area contributed by atoms with E-state index in [0.29, 0.717) is 26.9 Å². The van der Waals surface area contributed by atoms with Gasteiger partial charge in [0.05, 0.1) is 21.2 Å². The van der Waals surface area contributed by atoms with Crippen molar-refractivity contribution in [3.05, 3.63) is 85.9 Å². The number of amides is 3. The first-order chi connectivity index (χ1) is 16.1. The van der Waals surface area contributed by atoms with Crippen molar-refractivity contribution in [2.75, 3.05) is 5.32 Å². The largest absolute Gasteiger partial charge is 0.349 e. The predicted molar refractivity (Wildman–Crippen MR) is 137 cm³/mol. The molecule has 0 heterocycles. The summed E-state index contributed by atoms with van der Waals surface area (Å²) in [6.07, 6.45) is 5.17. The third-order valence-corrected chi connectivity index (χ3v) is 5.82. The Hall–Kier alpha value is -2.80. The van der Waals surface area contributed by atoms with Crippen LogP contribution < -0.4 is 16.0 Å². The number of allylic oxidation sites excluding steroid dienone is 3. The van der Waals surface area contributed by atoms with Crippen LogP contribution in [0.25, 0.3) is 0 Å². The lowest BCUT2D eigenvalue weighted by atomic mass is 10.1. The van der Waals surface area contributed by atoms with Crippen LogP contribution >= 0.6 is 34.8 Å². The van der Waals surface area contributed by atoms with Crippen molar-refractivity contribution in [2.24, 2.45) is 0 Å². The number of anilines is 1. The second-order valence-corrected chi connectivity index (χ2v) is 9.41. The Bertz CT molecular complexity index is 1180. The fraction of sp³-hybridized carbons (Fsp3) is 0.240. The highest BCUT2D eigenvalue weighted by atomic mass is 35.5. The molecule has 0 bridgehead atoms. The smallest absolute Gasteiger partial charge is 0.257 e. The van der Waals surface area contributed by atoms with E-state index < -0.39 is 5.91 Å². The molecule has 1 saturated carbocycles. The number of halogens is 3. The van der Waals surface area contributed by atoms with Gasteiger partial charge in [-0.3, -0.25) is 14.4 Å². The van der Waals surface area contributed by atoms with Crippen LogP contribution in [0, 0.1) is 0 Å². The third-order valence-electron chi connectivity index (χ3n) is 5.03. The molecule has 0 unspecified atom stereocenters. The van der Waals surface area contributed by atoms with Gasteiger partial charge >= 0.3 is 0 Å². The number of rotatable bonds is 8. The lowest BCUT2D eigenvalue weighted by molar-refractivity contribution is -0.117. The second-order valence-electron chi connectivity index (χ2n) is 8.00. The van der Waals surface area contributed by atoms with Crippen LogP contribution in [0.5, 0.6) is 0 Å². The molecule has 1 aliphatic carbocycles. The van der Waals surface area contributed by atoms with E-state index in [0.717, 1.165) is 12.8 Å². The molecule has 178 valence electrons. The Morgan fingerprint density at radius 2 is 1.59 bits per heavy atom. The molecule has 3 rings (SSSR count). The van der Waals surface area contributed by atoms with E-state index >= 15 is 0 Å². The molecule has 34 heavy (non-hydrogen) atoms. The second kappa shape index (κ2) is 11.6. The predicted octanol–water partition coefficient (Wildman–Crippen LogP) is 5.84. The van der Waals surface area contributed by atoms with Gasteiger partial charge in [0.1, 0.15) is 0 Å². The SMILES string of the molecule is C/C(Cl)=C\C=C(/C)C(=O)NCc1ccc(Cl)c(C(=O)Nc2ccc(Cl)c(C(=O)NC3CC3)c2)c1. The summed E-state index contributed by atoms with van der Waals surface area (Å²) in [5, 5.41) is 9.54. The van der Waals surface area contributed by atoms with Gasteiger partial charge in [-0.05, 0) is 68.7 Å². The maximum absolute atomic E-state index is 12.9. The molecule has 3 N–H and O–H groups in total. The first-order valence-corrected chi connectivity index (χ1v) is 11.8. The van der Waals surface area contributed by atoms with Crippen molar-refractivity contribution in [1.29, 1.82) is 0 Å². The van der Waals surface area contributed by atoms with Gasteiger partial charge in [-0.2, -0.15) is 0 Å². The van der Waals surface area contributed by atoms with Gasteiger partial charge in [0.25, 0.3) is 11.8 Å². The minimum absolute atomic E-state index is 0.184. The minimum Gasteiger partial charge on any atom is -0.349 e. The molecule has 0 spiro atoms. The topological polar surface area (TPSA) is 87.3 Å². The van der Waals surface area contributed by atoms with E-state index in [1.165, 1.54) is 6.07 Å². The molecule has 2 aromatic rings. The number of benzene rings is 2. The van der Waals surface area contributed by atoms with Gasteiger partial charge in [0, 0.05) is 28.9 Å². The van der Waals surface area contributed by atoms with E-state index in [-0.39, 0.29) is 40.6 Å². The average Bonchev–Trinajstić information content (AvgIpc) is 3.61. The summed E-state index contributed by atoms with van der Waals surface area (Å²) < 4.78 is 0. The van der Waals surface area contributed by atoms with E-state index in [1.54, 1.807) is 56.3 Å². The van der Waals surface area contributed by atoms with Gasteiger partial charge in [0.2, 0.25) is 5.91 Å². The molecule has 0 saturated heterocycles. The van der Waals surface area contributed by atoms with Crippen molar-refractivity contribution in [1.82, 2.24) is 10.6 Å². The highest BCUT2D eigenvalue weighted by Gasteiger charge is 2.25. The zero-order valence-electron chi connectivity index (χ0n) is 18.7. The number of carbonyl (C=O) groups excluding carboxylic acids is 3. The molecule has 6 nitrogen and oxygen atoms in total. The number of hydrogen-bond donors (Lipinski definition) is 3. The quantitative estimate of drug-likeness (QED) is 0.302. The standard InChI is InChI=1S/C25H24Cl3N3O3/c1-14(3-4-15(2)26)23(32)29-13-16-5-9-21(27)19(11-16)24(33)31-18-8-10-22(28)20(12-18)25(34)30-17-6-7-17/h3-5,8-12,17H,6-7,13H2,1-2H3,(H,29,32)(H,30,34)(H,31,33)/b14-3+,15-4+. The Morgan fingerprint density at radius 3 is 2.24 bits per heavy atom. The Labute approximate surface area is 213 Å². The molecule has 0 atom stereocenters. The van der Waals surface area contributed by atoms with E-state index in [4.69, 9.17) is 34.8 Å². The summed E-state index contributed by atoms with van der Waals surface area (Å²) in [6.45, 7) is 3.60. The van der Waals surface area contributed by atoms with Crippen LogP contribution in [0.4, 0.5) is 5.69 Å². The summed E-state index contributed by atoms with van der Waals surface area (Å²) in [4.78, 5) is 37.5. The number of nitrogens with one attached hydrogen (secondary N) is 3. The van der Waals surface area contributed by atoms with Crippen molar-refractivity contribution >= 4 is 58.2 Å². The molecular weight excluding hydrogens is 497 g/mol. The van der Waals surface area contributed by atoms with Crippen LogP contribution in [-0.4, -0.2) is 23.8 Å². The zero-order chi connectivity index (χ0) is 24.8. The lowest BCUT2D eigenvalue weighted by Crippen LogP contribution is -2.26. The van der Waals surface area contributed by atoms with Gasteiger partial charge < -0.3 is 16.0 Å². The van der Waals surface area contributed by atoms with Gasteiger partial charge in [-0.25, -0.2) is 0 Å². The van der Waals surface area contributed by atoms with Crippen molar-refractivity contribution < 1.29 is 14.4 Å². The summed E-state index contributed by atoms with van der Waals surface area (Å²) in [7, 11) is 0. The molecule has 0 aromatic heterocycles. The molecule has 1 fully saturated rings. The van der Waals surface area contributed by atoms with Crippen LogP contribution in [0.3, 0.4) is 0 Å². The van der Waals surface area contributed by atoms with E-state index in [2.05, 4.69) is 16.0 Å². The molecule has 0 radical (unpaired) electrons. The average molecular weight is 521 g/mol. The maximum atomic E-state index is 12.9. The maximum Gasteiger partial charge on any atom is 0.257 e. The highest BCUT2D eigenvalue weighted by molar-refractivity contribution is 6.35. The molecular formula is C25H24Cl3N3O3. The van der Waals surface area contributed by atoms with E-state index in [1.807, 2.05) is 0 Å². The molecule has 2 aromatic carbocycles. The number of hydrogen-bond acceptors (Lipinski definition) is 3. The van der Waals surface area contributed by atoms with Crippen LogP contribution in [0.15, 0.2) is 59.2 Å². The molecule has 1 aliphatic rings. The van der Waals surface area contributed by atoms with E-state index in [9.17, 15) is 14.4 Å². The fourth-order valence-electron chi connectivity index (χ4n) is 2.96. The Kier molecular flexibility index (Phi) is 8.78.